The first kappa shape index (κ1) is 16.9. The molecule has 10 heteroatoms. The Bertz CT molecular complexity index is 1220. The Morgan fingerprint density at radius 3 is 3.07 bits per heavy atom. The van der Waals surface area contributed by atoms with E-state index in [1.807, 2.05) is 25.2 Å². The van der Waals surface area contributed by atoms with Crippen LogP contribution in [0.2, 0.25) is 0 Å². The van der Waals surface area contributed by atoms with Crippen molar-refractivity contribution in [1.29, 1.82) is 0 Å². The molecule has 10 nitrogen and oxygen atoms in total. The van der Waals surface area contributed by atoms with E-state index in [0.29, 0.717) is 23.5 Å². The predicted octanol–water partition coefficient (Wildman–Crippen LogP) is 0.377. The molecule has 28 heavy (non-hydrogen) atoms. The molecular weight excluding hydrogens is 358 g/mol. The van der Waals surface area contributed by atoms with Gasteiger partial charge in [-0.1, -0.05) is 11.3 Å². The number of imidazole rings is 1. The minimum absolute atomic E-state index is 0.132. The Kier molecular flexibility index (Phi) is 3.86. The maximum atomic E-state index is 12.9. The van der Waals surface area contributed by atoms with Gasteiger partial charge in [0.15, 0.2) is 0 Å². The number of nitrogens with two attached hydrogens (primary N) is 1. The Balaban J connectivity index is 1.47. The first-order valence-electron chi connectivity index (χ1n) is 9.33. The highest BCUT2D eigenvalue weighted by Crippen LogP contribution is 2.19. The molecular formula is C18H21N9O. The Morgan fingerprint density at radius 1 is 1.32 bits per heavy atom. The van der Waals surface area contributed by atoms with Gasteiger partial charge >= 0.3 is 0 Å². The molecule has 0 aliphatic carbocycles. The van der Waals surface area contributed by atoms with Gasteiger partial charge in [-0.2, -0.15) is 5.10 Å². The van der Waals surface area contributed by atoms with Crippen LogP contribution in [0.1, 0.15) is 18.4 Å². The second kappa shape index (κ2) is 6.41. The standard InChI is InChI=1S/C18H21N9O/c1-25-15-5-4-11(7-13(15)23-24-25)9-27-17(28)16-14(8-20-27)21-18(22-16)26-6-2-3-12(19)10-26/h4-5,7-8,12H,2-3,6,9-10,19H2,1H3,(H,21,22)/t12-/m1/s1. The summed E-state index contributed by atoms with van der Waals surface area (Å²) in [7, 11) is 1.85. The highest BCUT2D eigenvalue weighted by molar-refractivity contribution is 5.76. The summed E-state index contributed by atoms with van der Waals surface area (Å²) in [6, 6.07) is 5.96. The van der Waals surface area contributed by atoms with Crippen LogP contribution in [-0.4, -0.2) is 53.9 Å². The molecule has 144 valence electrons. The molecule has 0 bridgehead atoms. The van der Waals surface area contributed by atoms with Crippen LogP contribution >= 0.6 is 0 Å². The number of anilines is 1. The highest BCUT2D eigenvalue weighted by atomic mass is 16.1. The number of hydrogen-bond acceptors (Lipinski definition) is 7. The molecule has 1 aliphatic rings. The Labute approximate surface area is 160 Å². The van der Waals surface area contributed by atoms with Crippen molar-refractivity contribution in [1.82, 2.24) is 34.7 Å². The molecule has 1 fully saturated rings. The molecule has 1 saturated heterocycles. The molecule has 3 aromatic heterocycles. The molecule has 1 aliphatic heterocycles. The Morgan fingerprint density at radius 2 is 2.21 bits per heavy atom. The van der Waals surface area contributed by atoms with Crippen molar-refractivity contribution in [2.24, 2.45) is 12.8 Å². The van der Waals surface area contributed by atoms with Crippen molar-refractivity contribution < 1.29 is 0 Å². The van der Waals surface area contributed by atoms with E-state index in [1.165, 1.54) is 4.68 Å². The number of nitrogens with one attached hydrogen (secondary N) is 1. The molecule has 0 amide bonds. The summed E-state index contributed by atoms with van der Waals surface area (Å²) >= 11 is 0. The number of rotatable bonds is 3. The van der Waals surface area contributed by atoms with Gasteiger partial charge in [0.1, 0.15) is 16.6 Å². The van der Waals surface area contributed by atoms with Crippen LogP contribution in [0.15, 0.2) is 29.2 Å². The number of hydrogen-bond donors (Lipinski definition) is 2. The summed E-state index contributed by atoms with van der Waals surface area (Å²) < 4.78 is 3.15. The van der Waals surface area contributed by atoms with E-state index in [1.54, 1.807) is 10.9 Å². The van der Waals surface area contributed by atoms with Crippen LogP contribution in [0.3, 0.4) is 0 Å². The number of fused-ring (bicyclic) bond motifs is 2. The second-order valence-corrected chi connectivity index (χ2v) is 7.31. The molecule has 4 heterocycles. The van der Waals surface area contributed by atoms with E-state index in [4.69, 9.17) is 5.73 Å². The summed E-state index contributed by atoms with van der Waals surface area (Å²) in [6.45, 7) is 1.97. The fourth-order valence-electron chi connectivity index (χ4n) is 3.76. The first-order valence-corrected chi connectivity index (χ1v) is 9.33. The van der Waals surface area contributed by atoms with Crippen molar-refractivity contribution in [3.05, 3.63) is 40.3 Å². The van der Waals surface area contributed by atoms with Crippen molar-refractivity contribution in [3.63, 3.8) is 0 Å². The SMILES string of the molecule is Cn1nnc2cc(Cn3ncc4nc(N5CCC[C@@H](N)C5)[nH]c4c3=O)ccc21. The monoisotopic (exact) mass is 379 g/mol. The number of piperidine rings is 1. The van der Waals surface area contributed by atoms with Crippen LogP contribution in [0.4, 0.5) is 5.95 Å². The van der Waals surface area contributed by atoms with Crippen LogP contribution in [0.25, 0.3) is 22.1 Å². The van der Waals surface area contributed by atoms with Gasteiger partial charge in [-0.05, 0) is 30.5 Å². The lowest BCUT2D eigenvalue weighted by molar-refractivity contribution is 0.501. The third kappa shape index (κ3) is 2.82. The lowest BCUT2D eigenvalue weighted by Crippen LogP contribution is -2.43. The molecule has 0 saturated carbocycles. The van der Waals surface area contributed by atoms with Gasteiger partial charge in [-0.15, -0.1) is 5.10 Å². The van der Waals surface area contributed by atoms with Gasteiger partial charge < -0.3 is 15.6 Å². The number of benzene rings is 1. The second-order valence-electron chi connectivity index (χ2n) is 7.31. The zero-order valence-corrected chi connectivity index (χ0v) is 15.5. The van der Waals surface area contributed by atoms with E-state index in [0.717, 1.165) is 42.5 Å². The molecule has 0 spiro atoms. The number of aromatic nitrogens is 7. The summed E-state index contributed by atoms with van der Waals surface area (Å²) in [5.41, 5.74) is 9.57. The fraction of sp³-hybridized carbons (Fsp3) is 0.389. The van der Waals surface area contributed by atoms with Crippen molar-refractivity contribution in [3.8, 4) is 0 Å². The van der Waals surface area contributed by atoms with Crippen LogP contribution in [-0.2, 0) is 13.6 Å². The minimum Gasteiger partial charge on any atom is -0.341 e. The van der Waals surface area contributed by atoms with Crippen LogP contribution in [0.5, 0.6) is 0 Å². The molecule has 5 rings (SSSR count). The largest absolute Gasteiger partial charge is 0.341 e. The maximum Gasteiger partial charge on any atom is 0.293 e. The lowest BCUT2D eigenvalue weighted by atomic mass is 10.1. The van der Waals surface area contributed by atoms with Gasteiger partial charge in [0.25, 0.3) is 5.56 Å². The van der Waals surface area contributed by atoms with Crippen LogP contribution in [0, 0.1) is 0 Å². The molecule has 0 radical (unpaired) electrons. The smallest absolute Gasteiger partial charge is 0.293 e. The molecule has 0 unspecified atom stereocenters. The number of aryl methyl sites for hydroxylation is 1. The van der Waals surface area contributed by atoms with Crippen molar-refractivity contribution in [2.45, 2.75) is 25.4 Å². The molecule has 1 aromatic carbocycles. The van der Waals surface area contributed by atoms with Gasteiger partial charge in [0.2, 0.25) is 5.95 Å². The topological polar surface area (TPSA) is 124 Å². The number of nitrogens with zero attached hydrogens (tertiary/aromatic N) is 7. The third-order valence-electron chi connectivity index (χ3n) is 5.25. The summed E-state index contributed by atoms with van der Waals surface area (Å²) in [4.78, 5) is 22.7. The normalized spacial score (nSPS) is 17.6. The number of aromatic amines is 1. The highest BCUT2D eigenvalue weighted by Gasteiger charge is 2.20. The average molecular weight is 379 g/mol. The van der Waals surface area contributed by atoms with E-state index < -0.39 is 0 Å². The third-order valence-corrected chi connectivity index (χ3v) is 5.25. The quantitative estimate of drug-likeness (QED) is 0.527. The van der Waals surface area contributed by atoms with E-state index in [9.17, 15) is 4.79 Å². The van der Waals surface area contributed by atoms with E-state index in [2.05, 4.69) is 30.3 Å². The minimum atomic E-state index is -0.197. The van der Waals surface area contributed by atoms with Crippen molar-refractivity contribution in [2.75, 3.05) is 18.0 Å². The van der Waals surface area contributed by atoms with E-state index in [-0.39, 0.29) is 11.6 Å². The Hall–Kier alpha value is -3.27. The zero-order chi connectivity index (χ0) is 19.3. The lowest BCUT2D eigenvalue weighted by Gasteiger charge is -2.30. The van der Waals surface area contributed by atoms with Gasteiger partial charge in [-0.25, -0.2) is 14.3 Å². The summed E-state index contributed by atoms with van der Waals surface area (Å²) in [5.74, 6) is 0.683. The fourth-order valence-corrected chi connectivity index (χ4v) is 3.76. The molecule has 3 N–H and O–H groups in total. The van der Waals surface area contributed by atoms with E-state index >= 15 is 0 Å². The predicted molar refractivity (Wildman–Crippen MR) is 105 cm³/mol. The molecule has 1 atom stereocenters. The molecule has 4 aromatic rings. The van der Waals surface area contributed by atoms with Gasteiger partial charge in [0.05, 0.1) is 18.3 Å². The maximum absolute atomic E-state index is 12.9. The van der Waals surface area contributed by atoms with Crippen molar-refractivity contribution >= 4 is 28.0 Å². The van der Waals surface area contributed by atoms with Crippen LogP contribution < -0.4 is 16.2 Å². The summed E-state index contributed by atoms with van der Waals surface area (Å²) in [6.07, 6.45) is 3.66. The van der Waals surface area contributed by atoms with Gasteiger partial charge in [-0.3, -0.25) is 4.79 Å². The zero-order valence-electron chi connectivity index (χ0n) is 15.5. The summed E-state index contributed by atoms with van der Waals surface area (Å²) in [5, 5.41) is 12.4. The van der Waals surface area contributed by atoms with Gasteiger partial charge in [0, 0.05) is 26.2 Å². The number of H-pyrrole nitrogens is 1. The first-order chi connectivity index (χ1) is 13.6. The average Bonchev–Trinajstić information content (AvgIpc) is 3.29.